The second-order valence-electron chi connectivity index (χ2n) is 6.24. The lowest BCUT2D eigenvalue weighted by molar-refractivity contribution is 0.551. The third-order valence-electron chi connectivity index (χ3n) is 4.72. The maximum absolute atomic E-state index is 9.49. The Morgan fingerprint density at radius 2 is 2.29 bits per heavy atom. The molecule has 0 saturated heterocycles. The van der Waals surface area contributed by atoms with Gasteiger partial charge in [0, 0.05) is 0 Å². The maximum Gasteiger partial charge on any atom is 0.148 e. The summed E-state index contributed by atoms with van der Waals surface area (Å²) in [7, 11) is 0. The van der Waals surface area contributed by atoms with Gasteiger partial charge in [-0.25, -0.2) is 4.98 Å². The van der Waals surface area contributed by atoms with Crippen molar-refractivity contribution in [3.05, 3.63) is 47.8 Å². The molecule has 0 amide bonds. The van der Waals surface area contributed by atoms with Gasteiger partial charge in [-0.2, -0.15) is 5.26 Å². The molecule has 2 aliphatic carbocycles. The monoisotopic (exact) mass is 275 g/mol. The van der Waals surface area contributed by atoms with E-state index in [0.29, 0.717) is 23.2 Å². The number of rotatable bonds is 2. The van der Waals surface area contributed by atoms with Crippen molar-refractivity contribution in [1.29, 1.82) is 5.26 Å². The number of hydrogen-bond donors (Lipinski definition) is 1. The van der Waals surface area contributed by atoms with Crippen molar-refractivity contribution in [1.82, 2.24) is 9.97 Å². The summed E-state index contributed by atoms with van der Waals surface area (Å²) in [4.78, 5) is 7.85. The smallest absolute Gasteiger partial charge is 0.148 e. The van der Waals surface area contributed by atoms with Crippen molar-refractivity contribution >= 4 is 16.6 Å². The van der Waals surface area contributed by atoms with E-state index in [1.165, 1.54) is 18.4 Å². The minimum Gasteiger partial charge on any atom is -0.337 e. The molecule has 1 aromatic heterocycles. The van der Waals surface area contributed by atoms with Gasteiger partial charge in [0.1, 0.15) is 11.9 Å². The molecule has 1 N–H and O–H groups in total. The molecule has 0 spiro atoms. The Balaban J connectivity index is 1.71. The van der Waals surface area contributed by atoms with Crippen molar-refractivity contribution in [2.24, 2.45) is 17.8 Å². The van der Waals surface area contributed by atoms with E-state index in [4.69, 9.17) is 0 Å². The number of benzene rings is 1. The summed E-state index contributed by atoms with van der Waals surface area (Å²) in [5.41, 5.74) is 3.79. The molecule has 1 heterocycles. The highest BCUT2D eigenvalue weighted by Crippen LogP contribution is 2.44. The molecule has 0 unspecified atom stereocenters. The molecule has 0 radical (unpaired) electrons. The predicted octanol–water partition coefficient (Wildman–Crippen LogP) is 3.99. The number of aryl methyl sites for hydroxylation is 1. The van der Waals surface area contributed by atoms with E-state index in [0.717, 1.165) is 17.0 Å². The van der Waals surface area contributed by atoms with Gasteiger partial charge in [-0.3, -0.25) is 0 Å². The zero-order valence-electron chi connectivity index (χ0n) is 12.0. The largest absolute Gasteiger partial charge is 0.337 e. The van der Waals surface area contributed by atoms with Crippen molar-refractivity contribution in [3.8, 4) is 6.07 Å². The van der Waals surface area contributed by atoms with E-state index < -0.39 is 0 Å². The summed E-state index contributed by atoms with van der Waals surface area (Å²) in [6.07, 6.45) is 9.18. The van der Waals surface area contributed by atoms with Crippen LogP contribution in [0, 0.1) is 36.0 Å². The highest BCUT2D eigenvalue weighted by Gasteiger charge is 2.34. The summed E-state index contributed by atoms with van der Waals surface area (Å²) in [5.74, 6) is 2.52. The third kappa shape index (κ3) is 2.08. The van der Waals surface area contributed by atoms with Crippen LogP contribution in [0.2, 0.25) is 0 Å². The Morgan fingerprint density at radius 3 is 3.00 bits per heavy atom. The number of nitriles is 1. The number of hydrogen-bond acceptors (Lipinski definition) is 2. The Hall–Kier alpha value is -2.34. The SMILES string of the molecule is Cc1ccc2nc(/C(C#N)=C/[C@H]3C[C@@H]4C=C[C@@H]3C4)[nH]c2c1. The molecule has 2 aromatic rings. The number of imidazole rings is 1. The molecule has 4 rings (SSSR count). The van der Waals surface area contributed by atoms with Gasteiger partial charge in [-0.15, -0.1) is 0 Å². The fourth-order valence-electron chi connectivity index (χ4n) is 3.65. The predicted molar refractivity (Wildman–Crippen MR) is 83.3 cm³/mol. The van der Waals surface area contributed by atoms with Crippen LogP contribution in [0.5, 0.6) is 0 Å². The first kappa shape index (κ1) is 12.4. The van der Waals surface area contributed by atoms with Crippen LogP contribution in [-0.4, -0.2) is 9.97 Å². The summed E-state index contributed by atoms with van der Waals surface area (Å²) >= 11 is 0. The minimum atomic E-state index is 0.490. The van der Waals surface area contributed by atoms with Gasteiger partial charge >= 0.3 is 0 Å². The first-order valence-corrected chi connectivity index (χ1v) is 7.50. The lowest BCUT2D eigenvalue weighted by Gasteiger charge is -2.13. The molecule has 1 fully saturated rings. The van der Waals surface area contributed by atoms with Crippen molar-refractivity contribution in [2.75, 3.05) is 0 Å². The van der Waals surface area contributed by atoms with Gasteiger partial charge in [0.15, 0.2) is 0 Å². The van der Waals surface area contributed by atoms with Crippen molar-refractivity contribution in [2.45, 2.75) is 19.8 Å². The molecule has 3 atom stereocenters. The lowest BCUT2D eigenvalue weighted by atomic mass is 9.91. The van der Waals surface area contributed by atoms with Gasteiger partial charge in [-0.1, -0.05) is 24.3 Å². The summed E-state index contributed by atoms with van der Waals surface area (Å²) in [6, 6.07) is 8.44. The van der Waals surface area contributed by atoms with Crippen LogP contribution in [0.25, 0.3) is 16.6 Å². The fraction of sp³-hybridized carbons (Fsp3) is 0.333. The van der Waals surface area contributed by atoms with Crippen LogP contribution >= 0.6 is 0 Å². The molecule has 0 aliphatic heterocycles. The first-order chi connectivity index (χ1) is 10.2. The van der Waals surface area contributed by atoms with Gasteiger partial charge in [0.2, 0.25) is 0 Å². The van der Waals surface area contributed by atoms with Gasteiger partial charge in [0.25, 0.3) is 0 Å². The van der Waals surface area contributed by atoms with Crippen molar-refractivity contribution < 1.29 is 0 Å². The van der Waals surface area contributed by atoms with Crippen LogP contribution < -0.4 is 0 Å². The quantitative estimate of drug-likeness (QED) is 0.665. The first-order valence-electron chi connectivity index (χ1n) is 7.50. The van der Waals surface area contributed by atoms with Crippen LogP contribution in [0.15, 0.2) is 36.4 Å². The molecule has 21 heavy (non-hydrogen) atoms. The Kier molecular flexibility index (Phi) is 2.71. The van der Waals surface area contributed by atoms with E-state index in [2.05, 4.69) is 47.3 Å². The summed E-state index contributed by atoms with van der Waals surface area (Å²) < 4.78 is 0. The number of allylic oxidation sites excluding steroid dienone is 4. The molecule has 2 bridgehead atoms. The molecule has 3 nitrogen and oxygen atoms in total. The van der Waals surface area contributed by atoms with E-state index in [9.17, 15) is 5.26 Å². The second kappa shape index (κ2) is 4.60. The second-order valence-corrected chi connectivity index (χ2v) is 6.24. The molecule has 2 aliphatic rings. The van der Waals surface area contributed by atoms with Crippen LogP contribution in [0.3, 0.4) is 0 Å². The number of nitrogens with one attached hydrogen (secondary N) is 1. The molecule has 1 saturated carbocycles. The average Bonchev–Trinajstić information content (AvgIpc) is 3.18. The Morgan fingerprint density at radius 1 is 1.38 bits per heavy atom. The standard InChI is InChI=1S/C18H17N3/c1-11-2-5-16-17(6-11)21-18(20-16)15(10-19)9-14-8-12-3-4-13(14)7-12/h2-6,9,12-14H,7-8H2,1H3,(H,20,21)/b15-9+/t12-,13-,14-/m1/s1. The minimum absolute atomic E-state index is 0.490. The number of aromatic nitrogens is 2. The van der Waals surface area contributed by atoms with E-state index in [1.807, 2.05) is 12.1 Å². The number of H-pyrrole nitrogens is 1. The third-order valence-corrected chi connectivity index (χ3v) is 4.72. The van der Waals surface area contributed by atoms with Gasteiger partial charge in [0.05, 0.1) is 16.6 Å². The number of nitrogens with zero attached hydrogens (tertiary/aromatic N) is 2. The molecular formula is C18H17N3. The van der Waals surface area contributed by atoms with E-state index >= 15 is 0 Å². The van der Waals surface area contributed by atoms with Gasteiger partial charge < -0.3 is 4.98 Å². The Bertz CT molecular complexity index is 803. The molecule has 1 aromatic carbocycles. The maximum atomic E-state index is 9.49. The number of fused-ring (bicyclic) bond motifs is 3. The van der Waals surface area contributed by atoms with Crippen LogP contribution in [-0.2, 0) is 0 Å². The Labute approximate surface area is 124 Å². The highest BCUT2D eigenvalue weighted by molar-refractivity contribution is 5.82. The molecule has 3 heteroatoms. The normalized spacial score (nSPS) is 27.4. The summed E-state index contributed by atoms with van der Waals surface area (Å²) in [6.45, 7) is 2.06. The lowest BCUT2D eigenvalue weighted by Crippen LogP contribution is -2.04. The average molecular weight is 275 g/mol. The van der Waals surface area contributed by atoms with Crippen LogP contribution in [0.4, 0.5) is 0 Å². The molecule has 104 valence electrons. The highest BCUT2D eigenvalue weighted by atomic mass is 14.9. The zero-order valence-corrected chi connectivity index (χ0v) is 12.0. The fourth-order valence-corrected chi connectivity index (χ4v) is 3.65. The van der Waals surface area contributed by atoms with E-state index in [-0.39, 0.29) is 0 Å². The number of aromatic amines is 1. The summed E-state index contributed by atoms with van der Waals surface area (Å²) in [5, 5.41) is 9.49. The van der Waals surface area contributed by atoms with Gasteiger partial charge in [-0.05, 0) is 55.2 Å². The van der Waals surface area contributed by atoms with E-state index in [1.54, 1.807) is 0 Å². The van der Waals surface area contributed by atoms with Crippen LogP contribution in [0.1, 0.15) is 24.2 Å². The molecular weight excluding hydrogens is 258 g/mol. The van der Waals surface area contributed by atoms with Crippen molar-refractivity contribution in [3.63, 3.8) is 0 Å². The zero-order chi connectivity index (χ0) is 14.4. The topological polar surface area (TPSA) is 52.5 Å².